The summed E-state index contributed by atoms with van der Waals surface area (Å²) in [5, 5.41) is 3.42. The zero-order valence-electron chi connectivity index (χ0n) is 12.1. The molecular weight excluding hydrogens is 252 g/mol. The van der Waals surface area contributed by atoms with E-state index in [1.807, 2.05) is 12.6 Å². The van der Waals surface area contributed by atoms with Gasteiger partial charge in [0.1, 0.15) is 0 Å². The number of nitrogens with one attached hydrogen (secondary N) is 1. The van der Waals surface area contributed by atoms with Gasteiger partial charge in [-0.3, -0.25) is 0 Å². The average Bonchev–Trinajstić information content (AvgIpc) is 2.86. The van der Waals surface area contributed by atoms with Gasteiger partial charge in [0.25, 0.3) is 0 Å². The largest absolute Gasteiger partial charge is 0.313 e. The van der Waals surface area contributed by atoms with E-state index in [2.05, 4.69) is 55.3 Å². The first kappa shape index (κ1) is 14.2. The van der Waals surface area contributed by atoms with Crippen LogP contribution in [-0.4, -0.2) is 12.0 Å². The Bertz CT molecular complexity index is 516. The third-order valence-corrected chi connectivity index (χ3v) is 4.78. The maximum absolute atomic E-state index is 4.31. The fourth-order valence-corrected chi connectivity index (χ4v) is 3.25. The molecule has 0 amide bonds. The van der Waals surface area contributed by atoms with Crippen molar-refractivity contribution in [2.24, 2.45) is 5.92 Å². The maximum atomic E-state index is 4.31. The van der Waals surface area contributed by atoms with Gasteiger partial charge in [0.15, 0.2) is 0 Å². The van der Waals surface area contributed by atoms with Gasteiger partial charge in [-0.25, -0.2) is 4.98 Å². The van der Waals surface area contributed by atoms with Crippen LogP contribution in [0, 0.1) is 12.8 Å². The highest BCUT2D eigenvalue weighted by molar-refractivity contribution is 7.13. The van der Waals surface area contributed by atoms with Crippen LogP contribution in [0.5, 0.6) is 0 Å². The van der Waals surface area contributed by atoms with Gasteiger partial charge in [-0.05, 0) is 31.0 Å². The van der Waals surface area contributed by atoms with E-state index in [1.54, 1.807) is 11.3 Å². The summed E-state index contributed by atoms with van der Waals surface area (Å²) in [4.78, 5) is 5.59. The third-order valence-electron chi connectivity index (χ3n) is 3.80. The molecular formula is C16H22N2S. The Balaban J connectivity index is 2.25. The van der Waals surface area contributed by atoms with Crippen molar-refractivity contribution in [1.82, 2.24) is 10.3 Å². The summed E-state index contributed by atoms with van der Waals surface area (Å²) in [5.74, 6) is 0.640. The summed E-state index contributed by atoms with van der Waals surface area (Å²) in [7, 11) is 2.04. The standard InChI is InChI=1S/C16H22N2S/c1-5-11(2)15(17-4)13-6-8-14(9-7-13)16-12(3)18-10-19-16/h6-11,15,17H,5H2,1-4H3/t11?,15-/m1/s1. The first-order chi connectivity index (χ1) is 9.17. The van der Waals surface area contributed by atoms with Gasteiger partial charge in [0.05, 0.1) is 16.1 Å². The smallest absolute Gasteiger partial charge is 0.0801 e. The molecule has 0 fully saturated rings. The summed E-state index contributed by atoms with van der Waals surface area (Å²) in [6, 6.07) is 9.33. The van der Waals surface area contributed by atoms with Crippen molar-refractivity contribution < 1.29 is 0 Å². The van der Waals surface area contributed by atoms with Gasteiger partial charge in [-0.2, -0.15) is 0 Å². The van der Waals surface area contributed by atoms with Crippen LogP contribution < -0.4 is 5.32 Å². The molecule has 0 aliphatic heterocycles. The fourth-order valence-electron chi connectivity index (χ4n) is 2.44. The lowest BCUT2D eigenvalue weighted by Crippen LogP contribution is -2.22. The Hall–Kier alpha value is -1.19. The van der Waals surface area contributed by atoms with Crippen LogP contribution in [-0.2, 0) is 0 Å². The lowest BCUT2D eigenvalue weighted by Gasteiger charge is -2.23. The molecule has 0 bridgehead atoms. The van der Waals surface area contributed by atoms with Gasteiger partial charge < -0.3 is 5.32 Å². The van der Waals surface area contributed by atoms with Crippen molar-refractivity contribution in [3.05, 3.63) is 41.0 Å². The fraction of sp³-hybridized carbons (Fsp3) is 0.438. The second kappa shape index (κ2) is 6.31. The minimum Gasteiger partial charge on any atom is -0.313 e. The number of aromatic nitrogens is 1. The molecule has 1 aromatic carbocycles. The highest BCUT2D eigenvalue weighted by atomic mass is 32.1. The molecule has 2 aromatic rings. The zero-order chi connectivity index (χ0) is 13.8. The maximum Gasteiger partial charge on any atom is 0.0801 e. The molecule has 2 nitrogen and oxygen atoms in total. The molecule has 0 aliphatic carbocycles. The van der Waals surface area contributed by atoms with E-state index >= 15 is 0 Å². The monoisotopic (exact) mass is 274 g/mol. The molecule has 0 spiro atoms. The molecule has 0 radical (unpaired) electrons. The summed E-state index contributed by atoms with van der Waals surface area (Å²) < 4.78 is 0. The SMILES string of the molecule is CCC(C)[C@@H](NC)c1ccc(-c2scnc2C)cc1. The van der Waals surface area contributed by atoms with Gasteiger partial charge in [0, 0.05) is 6.04 Å². The first-order valence-electron chi connectivity index (χ1n) is 6.85. The second-order valence-electron chi connectivity index (χ2n) is 5.04. The highest BCUT2D eigenvalue weighted by Crippen LogP contribution is 2.30. The summed E-state index contributed by atoms with van der Waals surface area (Å²) in [6.07, 6.45) is 1.18. The lowest BCUT2D eigenvalue weighted by atomic mass is 9.92. The van der Waals surface area contributed by atoms with E-state index in [9.17, 15) is 0 Å². The number of aryl methyl sites for hydroxylation is 1. The van der Waals surface area contributed by atoms with Crippen molar-refractivity contribution >= 4 is 11.3 Å². The van der Waals surface area contributed by atoms with Crippen LogP contribution in [0.15, 0.2) is 29.8 Å². The van der Waals surface area contributed by atoms with Crippen LogP contribution in [0.3, 0.4) is 0 Å². The number of hydrogen-bond donors (Lipinski definition) is 1. The minimum absolute atomic E-state index is 0.432. The number of hydrogen-bond acceptors (Lipinski definition) is 3. The highest BCUT2D eigenvalue weighted by Gasteiger charge is 2.16. The number of nitrogens with zero attached hydrogens (tertiary/aromatic N) is 1. The normalized spacial score (nSPS) is 14.3. The predicted octanol–water partition coefficient (Wildman–Crippen LogP) is 4.43. The quantitative estimate of drug-likeness (QED) is 0.872. The van der Waals surface area contributed by atoms with Crippen LogP contribution >= 0.6 is 11.3 Å². The Kier molecular flexibility index (Phi) is 4.72. The van der Waals surface area contributed by atoms with E-state index in [-0.39, 0.29) is 0 Å². The van der Waals surface area contributed by atoms with Crippen LogP contribution in [0.4, 0.5) is 0 Å². The molecule has 2 rings (SSSR count). The molecule has 2 atom stereocenters. The first-order valence-corrected chi connectivity index (χ1v) is 7.73. The van der Waals surface area contributed by atoms with Crippen molar-refractivity contribution in [2.45, 2.75) is 33.2 Å². The number of thiazole rings is 1. The minimum atomic E-state index is 0.432. The number of benzene rings is 1. The second-order valence-corrected chi connectivity index (χ2v) is 5.90. The third kappa shape index (κ3) is 3.04. The van der Waals surface area contributed by atoms with Gasteiger partial charge in [-0.1, -0.05) is 44.5 Å². The van der Waals surface area contributed by atoms with Gasteiger partial charge in [0.2, 0.25) is 0 Å². The number of rotatable bonds is 5. The Labute approximate surface area is 119 Å². The van der Waals surface area contributed by atoms with E-state index in [0.717, 1.165) is 5.69 Å². The summed E-state index contributed by atoms with van der Waals surface area (Å²) in [6.45, 7) is 6.60. The van der Waals surface area contributed by atoms with Crippen molar-refractivity contribution in [3.8, 4) is 10.4 Å². The molecule has 3 heteroatoms. The van der Waals surface area contributed by atoms with Gasteiger partial charge in [-0.15, -0.1) is 11.3 Å². The molecule has 1 aromatic heterocycles. The van der Waals surface area contributed by atoms with E-state index in [0.29, 0.717) is 12.0 Å². The molecule has 1 N–H and O–H groups in total. The molecule has 0 aliphatic rings. The molecule has 1 unspecified atom stereocenters. The van der Waals surface area contributed by atoms with Crippen LogP contribution in [0.25, 0.3) is 10.4 Å². The van der Waals surface area contributed by atoms with Crippen molar-refractivity contribution in [3.63, 3.8) is 0 Å². The molecule has 1 heterocycles. The predicted molar refractivity (Wildman–Crippen MR) is 83.5 cm³/mol. The summed E-state index contributed by atoms with van der Waals surface area (Å²) in [5.41, 5.74) is 5.66. The van der Waals surface area contributed by atoms with Crippen molar-refractivity contribution in [1.29, 1.82) is 0 Å². The average molecular weight is 274 g/mol. The topological polar surface area (TPSA) is 24.9 Å². The Morgan fingerprint density at radius 1 is 1.26 bits per heavy atom. The molecule has 19 heavy (non-hydrogen) atoms. The van der Waals surface area contributed by atoms with E-state index < -0.39 is 0 Å². The molecule has 102 valence electrons. The molecule has 0 saturated heterocycles. The van der Waals surface area contributed by atoms with E-state index in [1.165, 1.54) is 22.4 Å². The van der Waals surface area contributed by atoms with Crippen molar-refractivity contribution in [2.75, 3.05) is 7.05 Å². The zero-order valence-corrected chi connectivity index (χ0v) is 12.9. The van der Waals surface area contributed by atoms with E-state index in [4.69, 9.17) is 0 Å². The molecule has 0 saturated carbocycles. The van der Waals surface area contributed by atoms with Crippen LogP contribution in [0.2, 0.25) is 0 Å². The Morgan fingerprint density at radius 3 is 2.42 bits per heavy atom. The van der Waals surface area contributed by atoms with Gasteiger partial charge >= 0.3 is 0 Å². The summed E-state index contributed by atoms with van der Waals surface area (Å²) >= 11 is 1.71. The lowest BCUT2D eigenvalue weighted by molar-refractivity contribution is 0.400. The Morgan fingerprint density at radius 2 is 1.95 bits per heavy atom. The van der Waals surface area contributed by atoms with Crippen LogP contribution in [0.1, 0.15) is 37.6 Å².